The molecule has 2 aromatic rings. The summed E-state index contributed by atoms with van der Waals surface area (Å²) in [5.74, 6) is 0.512. The number of ether oxygens (including phenoxy) is 1. The van der Waals surface area contributed by atoms with Crippen LogP contribution in [0.5, 0.6) is 5.75 Å². The van der Waals surface area contributed by atoms with Crippen LogP contribution in [0.15, 0.2) is 30.3 Å². The molecule has 0 aromatic heterocycles. The molecule has 0 heterocycles. The number of anilines is 2. The van der Waals surface area contributed by atoms with E-state index < -0.39 is 4.92 Å². The highest BCUT2D eigenvalue weighted by Gasteiger charge is 2.13. The second kappa shape index (κ2) is 6.33. The molecule has 0 bridgehead atoms. The molecule has 2 aromatic carbocycles. The molecule has 0 aliphatic heterocycles. The minimum atomic E-state index is -0.544. The number of halogens is 1. The zero-order chi connectivity index (χ0) is 16.3. The quantitative estimate of drug-likeness (QED) is 0.675. The van der Waals surface area contributed by atoms with Gasteiger partial charge in [0.05, 0.1) is 29.0 Å². The number of benzene rings is 2. The Hall–Kier alpha value is -2.78. The summed E-state index contributed by atoms with van der Waals surface area (Å²) in [4.78, 5) is 10.2. The van der Waals surface area contributed by atoms with Gasteiger partial charge in [-0.2, -0.15) is 5.26 Å². The van der Waals surface area contributed by atoms with E-state index in [1.807, 2.05) is 13.0 Å². The summed E-state index contributed by atoms with van der Waals surface area (Å²) in [6.07, 6.45) is 0. The van der Waals surface area contributed by atoms with Crippen LogP contribution in [0.2, 0.25) is 5.02 Å². The van der Waals surface area contributed by atoms with Crippen molar-refractivity contribution in [1.82, 2.24) is 0 Å². The van der Waals surface area contributed by atoms with Crippen LogP contribution < -0.4 is 10.1 Å². The Labute approximate surface area is 132 Å². The number of hydrogen-bond acceptors (Lipinski definition) is 5. The number of hydrogen-bond donors (Lipinski definition) is 1. The summed E-state index contributed by atoms with van der Waals surface area (Å²) in [6, 6.07) is 9.42. The number of aryl methyl sites for hydroxylation is 1. The largest absolute Gasteiger partial charge is 0.495 e. The first-order chi connectivity index (χ1) is 10.5. The topological polar surface area (TPSA) is 88.2 Å². The minimum Gasteiger partial charge on any atom is -0.495 e. The van der Waals surface area contributed by atoms with Gasteiger partial charge >= 0.3 is 0 Å². The number of non-ortho nitro benzene ring substituents is 1. The molecule has 0 atom stereocenters. The Bertz CT molecular complexity index is 784. The van der Waals surface area contributed by atoms with E-state index in [4.69, 9.17) is 21.6 Å². The molecule has 0 aliphatic rings. The summed E-state index contributed by atoms with van der Waals surface area (Å²) in [6.45, 7) is 1.84. The van der Waals surface area contributed by atoms with Crippen LogP contribution in [0.3, 0.4) is 0 Å². The van der Waals surface area contributed by atoms with Gasteiger partial charge in [-0.25, -0.2) is 0 Å². The van der Waals surface area contributed by atoms with Crippen molar-refractivity contribution in [3.63, 3.8) is 0 Å². The molecule has 0 saturated heterocycles. The van der Waals surface area contributed by atoms with Gasteiger partial charge in [0, 0.05) is 23.2 Å². The Morgan fingerprint density at radius 2 is 2.05 bits per heavy atom. The first-order valence-electron chi connectivity index (χ1n) is 6.26. The number of nitrogens with zero attached hydrogens (tertiary/aromatic N) is 2. The van der Waals surface area contributed by atoms with Gasteiger partial charge in [-0.05, 0) is 24.6 Å². The molecule has 7 heteroatoms. The maximum absolute atomic E-state index is 10.8. The third-order valence-electron chi connectivity index (χ3n) is 3.08. The van der Waals surface area contributed by atoms with E-state index in [1.54, 1.807) is 12.1 Å². The maximum Gasteiger partial charge on any atom is 0.270 e. The predicted octanol–water partition coefficient (Wildman–Crippen LogP) is 4.18. The molecular weight excluding hydrogens is 306 g/mol. The third kappa shape index (κ3) is 3.10. The zero-order valence-corrected chi connectivity index (χ0v) is 12.6. The Morgan fingerprint density at radius 3 is 2.64 bits per heavy atom. The van der Waals surface area contributed by atoms with Crippen molar-refractivity contribution in [3.8, 4) is 11.8 Å². The van der Waals surface area contributed by atoms with E-state index in [-0.39, 0.29) is 11.3 Å². The maximum atomic E-state index is 10.8. The van der Waals surface area contributed by atoms with Gasteiger partial charge in [0.15, 0.2) is 0 Å². The molecule has 112 valence electrons. The second-order valence-electron chi connectivity index (χ2n) is 4.53. The molecule has 2 rings (SSSR count). The van der Waals surface area contributed by atoms with Crippen LogP contribution in [-0.2, 0) is 0 Å². The van der Waals surface area contributed by atoms with Gasteiger partial charge in [-0.15, -0.1) is 0 Å². The van der Waals surface area contributed by atoms with E-state index in [2.05, 4.69) is 5.32 Å². The lowest BCUT2D eigenvalue weighted by molar-refractivity contribution is -0.384. The molecule has 22 heavy (non-hydrogen) atoms. The average molecular weight is 318 g/mol. The molecule has 0 unspecified atom stereocenters. The fourth-order valence-electron chi connectivity index (χ4n) is 1.92. The number of nitriles is 1. The van der Waals surface area contributed by atoms with Gasteiger partial charge in [0.2, 0.25) is 0 Å². The Morgan fingerprint density at radius 1 is 1.32 bits per heavy atom. The summed E-state index contributed by atoms with van der Waals surface area (Å²) >= 11 is 6.05. The lowest BCUT2D eigenvalue weighted by atomic mass is 10.1. The Kier molecular flexibility index (Phi) is 4.49. The Balaban J connectivity index is 2.45. The standard InChI is InChI=1S/C15H12ClN3O3/c1-9-5-14(15(22-2)7-12(9)16)18-13-4-3-11(19(20)21)6-10(13)8-17/h3-7,18H,1-2H3. The van der Waals surface area contributed by atoms with Crippen molar-refractivity contribution < 1.29 is 9.66 Å². The fourth-order valence-corrected chi connectivity index (χ4v) is 2.08. The van der Waals surface area contributed by atoms with Gasteiger partial charge in [0.25, 0.3) is 5.69 Å². The SMILES string of the molecule is COc1cc(Cl)c(C)cc1Nc1ccc([N+](=O)[O-])cc1C#N. The molecule has 0 spiro atoms. The van der Waals surface area contributed by atoms with Gasteiger partial charge < -0.3 is 10.1 Å². The van der Waals surface area contributed by atoms with Crippen LogP contribution in [0, 0.1) is 28.4 Å². The van der Waals surface area contributed by atoms with Gasteiger partial charge in [-0.1, -0.05) is 11.6 Å². The summed E-state index contributed by atoms with van der Waals surface area (Å²) in [5, 5.41) is 23.5. The van der Waals surface area contributed by atoms with E-state index in [1.165, 1.54) is 25.3 Å². The van der Waals surface area contributed by atoms with Crippen molar-refractivity contribution in [2.75, 3.05) is 12.4 Å². The molecule has 0 radical (unpaired) electrons. The monoisotopic (exact) mass is 317 g/mol. The number of nitro benzene ring substituents is 1. The number of nitro groups is 1. The van der Waals surface area contributed by atoms with Gasteiger partial charge in [0.1, 0.15) is 11.8 Å². The lowest BCUT2D eigenvalue weighted by Crippen LogP contribution is -1.99. The summed E-state index contributed by atoms with van der Waals surface area (Å²) in [7, 11) is 1.51. The molecule has 0 aliphatic carbocycles. The average Bonchev–Trinajstić information content (AvgIpc) is 2.50. The molecule has 6 nitrogen and oxygen atoms in total. The lowest BCUT2D eigenvalue weighted by Gasteiger charge is -2.14. The second-order valence-corrected chi connectivity index (χ2v) is 4.93. The van der Waals surface area contributed by atoms with E-state index in [0.717, 1.165) is 5.56 Å². The van der Waals surface area contributed by atoms with Crippen LogP contribution in [-0.4, -0.2) is 12.0 Å². The van der Waals surface area contributed by atoms with Crippen molar-refractivity contribution in [1.29, 1.82) is 5.26 Å². The van der Waals surface area contributed by atoms with E-state index >= 15 is 0 Å². The van der Waals surface area contributed by atoms with Crippen molar-refractivity contribution in [3.05, 3.63) is 56.6 Å². The summed E-state index contributed by atoms with van der Waals surface area (Å²) < 4.78 is 5.25. The van der Waals surface area contributed by atoms with Crippen LogP contribution in [0.4, 0.5) is 17.1 Å². The highest BCUT2D eigenvalue weighted by molar-refractivity contribution is 6.31. The van der Waals surface area contributed by atoms with Crippen molar-refractivity contribution >= 4 is 28.7 Å². The van der Waals surface area contributed by atoms with Crippen LogP contribution >= 0.6 is 11.6 Å². The van der Waals surface area contributed by atoms with Gasteiger partial charge in [-0.3, -0.25) is 10.1 Å². The smallest absolute Gasteiger partial charge is 0.270 e. The molecule has 1 N–H and O–H groups in total. The summed E-state index contributed by atoms with van der Waals surface area (Å²) in [5.41, 5.74) is 1.94. The molecular formula is C15H12ClN3O3. The van der Waals surface area contributed by atoms with E-state index in [9.17, 15) is 10.1 Å². The first kappa shape index (κ1) is 15.6. The van der Waals surface area contributed by atoms with Crippen molar-refractivity contribution in [2.45, 2.75) is 6.92 Å². The minimum absolute atomic E-state index is 0.138. The molecule has 0 fully saturated rings. The fraction of sp³-hybridized carbons (Fsp3) is 0.133. The number of nitrogens with one attached hydrogen (secondary N) is 1. The predicted molar refractivity (Wildman–Crippen MR) is 83.8 cm³/mol. The van der Waals surface area contributed by atoms with E-state index in [0.29, 0.717) is 22.1 Å². The molecule has 0 saturated carbocycles. The molecule has 0 amide bonds. The number of rotatable bonds is 4. The highest BCUT2D eigenvalue weighted by atomic mass is 35.5. The van der Waals surface area contributed by atoms with Crippen molar-refractivity contribution in [2.24, 2.45) is 0 Å². The first-order valence-corrected chi connectivity index (χ1v) is 6.63. The normalized spacial score (nSPS) is 9.91. The highest BCUT2D eigenvalue weighted by Crippen LogP contribution is 2.34. The number of methoxy groups -OCH3 is 1. The zero-order valence-electron chi connectivity index (χ0n) is 11.9. The van der Waals surface area contributed by atoms with Crippen LogP contribution in [0.1, 0.15) is 11.1 Å². The third-order valence-corrected chi connectivity index (χ3v) is 3.49. The van der Waals surface area contributed by atoms with Crippen LogP contribution in [0.25, 0.3) is 0 Å².